The van der Waals surface area contributed by atoms with E-state index in [4.69, 9.17) is 12.3 Å². The molecular formula is C13H9BO. The van der Waals surface area contributed by atoms with E-state index in [1.54, 1.807) is 0 Å². The van der Waals surface area contributed by atoms with Gasteiger partial charge in [0.05, 0.1) is 0 Å². The van der Waals surface area contributed by atoms with E-state index >= 15 is 0 Å². The molecule has 0 amide bonds. The Morgan fingerprint density at radius 3 is 2.80 bits per heavy atom. The van der Waals surface area contributed by atoms with Crippen LogP contribution in [0.4, 0.5) is 0 Å². The summed E-state index contributed by atoms with van der Waals surface area (Å²) in [5.74, 6) is 0. The summed E-state index contributed by atoms with van der Waals surface area (Å²) in [5.41, 5.74) is 3.61. The van der Waals surface area contributed by atoms with Gasteiger partial charge >= 0.3 is 0 Å². The molecule has 0 aliphatic rings. The van der Waals surface area contributed by atoms with Crippen molar-refractivity contribution in [2.45, 2.75) is 6.92 Å². The molecule has 0 saturated heterocycles. The lowest BCUT2D eigenvalue weighted by atomic mass is 9.94. The van der Waals surface area contributed by atoms with Crippen LogP contribution in [0.1, 0.15) is 5.56 Å². The third-order valence-electron chi connectivity index (χ3n) is 2.68. The van der Waals surface area contributed by atoms with Gasteiger partial charge in [0.1, 0.15) is 19.0 Å². The third-order valence-corrected chi connectivity index (χ3v) is 2.68. The van der Waals surface area contributed by atoms with Crippen molar-refractivity contribution in [1.82, 2.24) is 0 Å². The van der Waals surface area contributed by atoms with E-state index < -0.39 is 0 Å². The number of hydrogen-bond acceptors (Lipinski definition) is 1. The summed E-state index contributed by atoms with van der Waals surface area (Å²) < 4.78 is 5.71. The average Bonchev–Trinajstić information content (AvgIpc) is 2.58. The normalized spacial score (nSPS) is 11.3. The molecule has 0 spiro atoms. The predicted octanol–water partition coefficient (Wildman–Crippen LogP) is 2.69. The van der Waals surface area contributed by atoms with Crippen LogP contribution in [-0.4, -0.2) is 7.85 Å². The summed E-state index contributed by atoms with van der Waals surface area (Å²) in [6, 6.07) is 12.0. The smallest absolute Gasteiger partial charge is 0.135 e. The quantitative estimate of drug-likeness (QED) is 0.499. The number of hydrogen-bond donors (Lipinski definition) is 0. The number of benzene rings is 2. The highest BCUT2D eigenvalue weighted by Crippen LogP contribution is 2.27. The van der Waals surface area contributed by atoms with Gasteiger partial charge in [-0.1, -0.05) is 35.3 Å². The van der Waals surface area contributed by atoms with Crippen molar-refractivity contribution in [1.29, 1.82) is 0 Å². The van der Waals surface area contributed by atoms with Crippen LogP contribution >= 0.6 is 0 Å². The highest BCUT2D eigenvalue weighted by Gasteiger charge is 2.07. The van der Waals surface area contributed by atoms with Crippen LogP contribution in [0.3, 0.4) is 0 Å². The molecule has 2 aromatic carbocycles. The van der Waals surface area contributed by atoms with Gasteiger partial charge < -0.3 is 4.42 Å². The van der Waals surface area contributed by atoms with Crippen LogP contribution in [-0.2, 0) is 0 Å². The highest BCUT2D eigenvalue weighted by molar-refractivity contribution is 6.39. The van der Waals surface area contributed by atoms with Gasteiger partial charge in [0, 0.05) is 10.8 Å². The van der Waals surface area contributed by atoms with E-state index in [2.05, 4.69) is 13.0 Å². The van der Waals surface area contributed by atoms with Crippen LogP contribution in [0.15, 0.2) is 40.8 Å². The molecule has 1 heterocycles. The maximum Gasteiger partial charge on any atom is 0.135 e. The first-order valence-corrected chi connectivity index (χ1v) is 4.93. The molecule has 0 atom stereocenters. The summed E-state index contributed by atoms with van der Waals surface area (Å²) in [4.78, 5) is 0. The molecule has 3 rings (SSSR count). The maximum atomic E-state index is 5.86. The zero-order chi connectivity index (χ0) is 10.4. The minimum Gasteiger partial charge on any atom is -0.457 e. The van der Waals surface area contributed by atoms with Gasteiger partial charge in [-0.2, -0.15) is 0 Å². The number of para-hydroxylation sites is 1. The summed E-state index contributed by atoms with van der Waals surface area (Å²) >= 11 is 0. The van der Waals surface area contributed by atoms with Gasteiger partial charge in [-0.3, -0.25) is 0 Å². The lowest BCUT2D eigenvalue weighted by molar-refractivity contribution is 0.671. The summed E-state index contributed by atoms with van der Waals surface area (Å²) in [6.07, 6.45) is 0. The van der Waals surface area contributed by atoms with Crippen LogP contribution in [0, 0.1) is 6.92 Å². The fourth-order valence-electron chi connectivity index (χ4n) is 1.93. The Morgan fingerprint density at radius 2 is 1.93 bits per heavy atom. The van der Waals surface area contributed by atoms with Crippen molar-refractivity contribution in [3.63, 3.8) is 0 Å². The Balaban J connectivity index is 2.58. The molecule has 0 bridgehead atoms. The third kappa shape index (κ3) is 1.18. The number of fused-ring (bicyclic) bond motifs is 3. The zero-order valence-electron chi connectivity index (χ0n) is 8.45. The molecule has 0 N–H and O–H groups in total. The van der Waals surface area contributed by atoms with Crippen LogP contribution in [0.25, 0.3) is 21.9 Å². The molecule has 1 nitrogen and oxygen atoms in total. The van der Waals surface area contributed by atoms with E-state index in [9.17, 15) is 0 Å². The number of furan rings is 1. The van der Waals surface area contributed by atoms with Crippen molar-refractivity contribution in [3.05, 3.63) is 42.0 Å². The molecule has 15 heavy (non-hydrogen) atoms. The summed E-state index contributed by atoms with van der Waals surface area (Å²) in [6.45, 7) is 2.07. The van der Waals surface area contributed by atoms with Crippen molar-refractivity contribution >= 4 is 35.2 Å². The first-order chi connectivity index (χ1) is 7.25. The molecule has 2 heteroatoms. The van der Waals surface area contributed by atoms with E-state index in [1.165, 1.54) is 5.56 Å². The second kappa shape index (κ2) is 2.90. The lowest BCUT2D eigenvalue weighted by Gasteiger charge is -1.93. The average molecular weight is 192 g/mol. The van der Waals surface area contributed by atoms with Crippen molar-refractivity contribution in [2.75, 3.05) is 0 Å². The van der Waals surface area contributed by atoms with Crippen LogP contribution in [0.5, 0.6) is 0 Å². The Morgan fingerprint density at radius 1 is 1.07 bits per heavy atom. The Hall–Kier alpha value is -1.70. The Labute approximate surface area is 89.1 Å². The minimum absolute atomic E-state index is 0.696. The van der Waals surface area contributed by atoms with Gasteiger partial charge in [-0.25, -0.2) is 0 Å². The molecule has 0 saturated carbocycles. The van der Waals surface area contributed by atoms with Crippen molar-refractivity contribution in [2.24, 2.45) is 0 Å². The van der Waals surface area contributed by atoms with E-state index in [1.807, 2.05) is 30.3 Å². The molecule has 0 unspecified atom stereocenters. The Kier molecular flexibility index (Phi) is 1.66. The molecular weight excluding hydrogens is 183 g/mol. The SMILES string of the molecule is [B]c1cccc2c1oc1ccc(C)cc12. The molecule has 70 valence electrons. The molecule has 0 aliphatic carbocycles. The Bertz CT molecular complexity index is 652. The molecule has 3 aromatic rings. The second-order valence-corrected chi connectivity index (χ2v) is 3.83. The van der Waals surface area contributed by atoms with E-state index in [-0.39, 0.29) is 0 Å². The molecule has 1 aromatic heterocycles. The van der Waals surface area contributed by atoms with Crippen molar-refractivity contribution < 1.29 is 4.42 Å². The summed E-state index contributed by atoms with van der Waals surface area (Å²) in [7, 11) is 5.86. The van der Waals surface area contributed by atoms with Crippen molar-refractivity contribution in [3.8, 4) is 0 Å². The van der Waals surface area contributed by atoms with Crippen LogP contribution in [0.2, 0.25) is 0 Å². The predicted molar refractivity (Wildman–Crippen MR) is 63.8 cm³/mol. The van der Waals surface area contributed by atoms with Gasteiger partial charge in [-0.15, -0.1) is 0 Å². The first-order valence-electron chi connectivity index (χ1n) is 4.93. The van der Waals surface area contributed by atoms with Gasteiger partial charge in [0.25, 0.3) is 0 Å². The zero-order valence-corrected chi connectivity index (χ0v) is 8.45. The van der Waals surface area contributed by atoms with E-state index in [0.717, 1.165) is 21.9 Å². The fourth-order valence-corrected chi connectivity index (χ4v) is 1.93. The molecule has 2 radical (unpaired) electrons. The largest absolute Gasteiger partial charge is 0.457 e. The topological polar surface area (TPSA) is 13.1 Å². The number of rotatable bonds is 0. The standard InChI is InChI=1S/C13H9BO/c1-8-5-6-12-10(7-8)9-3-2-4-11(14)13(9)15-12/h2-7H,1H3. The summed E-state index contributed by atoms with van der Waals surface area (Å²) in [5, 5.41) is 2.23. The lowest BCUT2D eigenvalue weighted by Crippen LogP contribution is -2.00. The second-order valence-electron chi connectivity index (χ2n) is 3.83. The van der Waals surface area contributed by atoms with Crippen LogP contribution < -0.4 is 5.46 Å². The van der Waals surface area contributed by atoms with Gasteiger partial charge in [0.2, 0.25) is 0 Å². The van der Waals surface area contributed by atoms with Gasteiger partial charge in [-0.05, 0) is 19.1 Å². The monoisotopic (exact) mass is 192 g/mol. The molecule has 0 aliphatic heterocycles. The highest BCUT2D eigenvalue weighted by atomic mass is 16.3. The maximum absolute atomic E-state index is 5.86. The van der Waals surface area contributed by atoms with Gasteiger partial charge in [0.15, 0.2) is 0 Å². The molecule has 0 fully saturated rings. The van der Waals surface area contributed by atoms with E-state index in [0.29, 0.717) is 5.46 Å². The number of aryl methyl sites for hydroxylation is 1. The fraction of sp³-hybridized carbons (Fsp3) is 0.0769. The minimum atomic E-state index is 0.696. The first kappa shape index (κ1) is 8.60.